The minimum absolute atomic E-state index is 0.223. The van der Waals surface area contributed by atoms with Crippen molar-refractivity contribution < 1.29 is 4.79 Å². The summed E-state index contributed by atoms with van der Waals surface area (Å²) >= 11 is 0. The van der Waals surface area contributed by atoms with Gasteiger partial charge in [0.05, 0.1) is 0 Å². The van der Waals surface area contributed by atoms with E-state index in [1.165, 1.54) is 32.2 Å². The molecule has 0 bridgehead atoms. The summed E-state index contributed by atoms with van der Waals surface area (Å²) in [6.45, 7) is 4.28. The van der Waals surface area contributed by atoms with E-state index in [1.54, 1.807) is 0 Å². The summed E-state index contributed by atoms with van der Waals surface area (Å²) in [6.07, 6.45) is 5.21. The molecule has 4 nitrogen and oxygen atoms in total. The Morgan fingerprint density at radius 1 is 1.11 bits per heavy atom. The molecule has 4 aliphatic rings. The zero-order valence-electron chi connectivity index (χ0n) is 11.8. The van der Waals surface area contributed by atoms with E-state index in [4.69, 9.17) is 0 Å². The number of fused-ring (bicyclic) bond motifs is 1. The van der Waals surface area contributed by atoms with Crippen LogP contribution in [0.3, 0.4) is 0 Å². The van der Waals surface area contributed by atoms with E-state index in [0.29, 0.717) is 17.9 Å². The Bertz CT molecular complexity index is 382. The normalized spacial score (nSPS) is 45.7. The number of nitrogens with one attached hydrogen (secondary N) is 1. The topological polar surface area (TPSA) is 35.4 Å². The third kappa shape index (κ3) is 2.09. The predicted molar refractivity (Wildman–Crippen MR) is 73.7 cm³/mol. The van der Waals surface area contributed by atoms with E-state index in [-0.39, 0.29) is 6.04 Å². The molecule has 4 heteroatoms. The lowest BCUT2D eigenvalue weighted by molar-refractivity contribution is -0.134. The van der Waals surface area contributed by atoms with Crippen LogP contribution in [0.4, 0.5) is 0 Å². The molecule has 1 amide bonds. The van der Waals surface area contributed by atoms with E-state index < -0.39 is 0 Å². The van der Waals surface area contributed by atoms with Gasteiger partial charge < -0.3 is 10.2 Å². The fraction of sp³-hybridized carbons (Fsp3) is 0.933. The highest BCUT2D eigenvalue weighted by molar-refractivity contribution is 5.86. The molecule has 0 radical (unpaired) electrons. The van der Waals surface area contributed by atoms with Crippen molar-refractivity contribution >= 4 is 5.91 Å². The average Bonchev–Trinajstić information content (AvgIpc) is 3.33. The summed E-state index contributed by atoms with van der Waals surface area (Å²) < 4.78 is 0. The molecule has 0 aromatic rings. The van der Waals surface area contributed by atoms with Crippen LogP contribution in [-0.4, -0.2) is 61.0 Å². The van der Waals surface area contributed by atoms with Gasteiger partial charge in [-0.2, -0.15) is 0 Å². The van der Waals surface area contributed by atoms with Crippen molar-refractivity contribution in [2.45, 2.75) is 37.8 Å². The van der Waals surface area contributed by atoms with Gasteiger partial charge in [0, 0.05) is 19.1 Å². The SMILES string of the molecule is CN1C(C(=O)N2CCC3CCNCC3C2)C1C1CC1. The zero-order chi connectivity index (χ0) is 13.0. The number of piperidine rings is 2. The molecule has 1 N–H and O–H groups in total. The Kier molecular flexibility index (Phi) is 2.85. The summed E-state index contributed by atoms with van der Waals surface area (Å²) in [5, 5.41) is 3.49. The number of amides is 1. The maximum atomic E-state index is 12.7. The number of hydrogen-bond acceptors (Lipinski definition) is 3. The molecular formula is C15H25N3O. The molecule has 3 saturated heterocycles. The van der Waals surface area contributed by atoms with Crippen LogP contribution in [-0.2, 0) is 4.79 Å². The first-order valence-electron chi connectivity index (χ1n) is 7.97. The lowest BCUT2D eigenvalue weighted by Gasteiger charge is -2.41. The van der Waals surface area contributed by atoms with Gasteiger partial charge in [0.25, 0.3) is 0 Å². The predicted octanol–water partition coefficient (Wildman–Crippen LogP) is 0.537. The first-order chi connectivity index (χ1) is 9.25. The summed E-state index contributed by atoms with van der Waals surface area (Å²) in [5.41, 5.74) is 0. The second-order valence-electron chi connectivity index (χ2n) is 7.02. The quantitative estimate of drug-likeness (QED) is 0.739. The minimum atomic E-state index is 0.223. The molecule has 19 heavy (non-hydrogen) atoms. The lowest BCUT2D eigenvalue weighted by atomic mass is 9.81. The Morgan fingerprint density at radius 3 is 2.74 bits per heavy atom. The van der Waals surface area contributed by atoms with E-state index in [9.17, 15) is 4.79 Å². The van der Waals surface area contributed by atoms with Gasteiger partial charge in [0.15, 0.2) is 0 Å². The second-order valence-corrected chi connectivity index (χ2v) is 7.02. The Morgan fingerprint density at radius 2 is 1.95 bits per heavy atom. The van der Waals surface area contributed by atoms with Gasteiger partial charge in [-0.15, -0.1) is 0 Å². The van der Waals surface area contributed by atoms with Crippen molar-refractivity contribution in [1.82, 2.24) is 15.1 Å². The highest BCUT2D eigenvalue weighted by atomic mass is 16.2. The molecule has 5 atom stereocenters. The molecule has 106 valence electrons. The zero-order valence-corrected chi connectivity index (χ0v) is 11.8. The standard InChI is InChI=1S/C15H25N3O/c1-17-13(11-2-3-11)14(17)15(19)18-7-5-10-4-6-16-8-12(10)9-18/h10-14,16H,2-9H2,1H3. The van der Waals surface area contributed by atoms with Crippen LogP contribution in [0.25, 0.3) is 0 Å². The maximum absolute atomic E-state index is 12.7. The van der Waals surface area contributed by atoms with Gasteiger partial charge in [-0.1, -0.05) is 0 Å². The van der Waals surface area contributed by atoms with Crippen molar-refractivity contribution in [2.24, 2.45) is 17.8 Å². The van der Waals surface area contributed by atoms with E-state index in [2.05, 4.69) is 22.2 Å². The second kappa shape index (κ2) is 4.45. The van der Waals surface area contributed by atoms with Crippen molar-refractivity contribution in [3.05, 3.63) is 0 Å². The third-order valence-corrected chi connectivity index (χ3v) is 5.80. The van der Waals surface area contributed by atoms with Crippen LogP contribution in [0.5, 0.6) is 0 Å². The molecule has 0 aromatic heterocycles. The van der Waals surface area contributed by atoms with E-state index in [1.807, 2.05) is 0 Å². The number of carbonyl (C=O) groups excluding carboxylic acids is 1. The largest absolute Gasteiger partial charge is 0.341 e. The molecule has 3 aliphatic heterocycles. The minimum Gasteiger partial charge on any atom is -0.341 e. The summed E-state index contributed by atoms with van der Waals surface area (Å²) in [5.74, 6) is 2.81. The van der Waals surface area contributed by atoms with Crippen LogP contribution in [0.2, 0.25) is 0 Å². The Balaban J connectivity index is 1.38. The summed E-state index contributed by atoms with van der Waals surface area (Å²) in [4.78, 5) is 17.1. The van der Waals surface area contributed by atoms with Gasteiger partial charge in [0.2, 0.25) is 5.91 Å². The maximum Gasteiger partial charge on any atom is 0.241 e. The molecule has 0 spiro atoms. The molecule has 0 aromatic carbocycles. The average molecular weight is 263 g/mol. The first kappa shape index (κ1) is 12.2. The van der Waals surface area contributed by atoms with Gasteiger partial charge in [0.1, 0.15) is 6.04 Å². The van der Waals surface area contributed by atoms with Gasteiger partial charge in [-0.25, -0.2) is 0 Å². The fourth-order valence-corrected chi connectivity index (χ4v) is 4.37. The van der Waals surface area contributed by atoms with Crippen molar-refractivity contribution in [1.29, 1.82) is 0 Å². The lowest BCUT2D eigenvalue weighted by Crippen LogP contribution is -2.51. The highest BCUT2D eigenvalue weighted by Crippen LogP contribution is 2.46. The number of nitrogens with zero attached hydrogens (tertiary/aromatic N) is 2. The monoisotopic (exact) mass is 263 g/mol. The number of carbonyl (C=O) groups is 1. The van der Waals surface area contributed by atoms with Crippen molar-refractivity contribution in [3.8, 4) is 0 Å². The van der Waals surface area contributed by atoms with E-state index >= 15 is 0 Å². The van der Waals surface area contributed by atoms with Crippen LogP contribution in [0, 0.1) is 17.8 Å². The van der Waals surface area contributed by atoms with Gasteiger partial charge >= 0.3 is 0 Å². The molecule has 5 unspecified atom stereocenters. The molecule has 1 aliphatic carbocycles. The highest BCUT2D eigenvalue weighted by Gasteiger charge is 2.57. The summed E-state index contributed by atoms with van der Waals surface area (Å²) in [6, 6.07) is 0.801. The molecular weight excluding hydrogens is 238 g/mol. The Labute approximate surface area is 115 Å². The Hall–Kier alpha value is -0.610. The molecule has 1 saturated carbocycles. The smallest absolute Gasteiger partial charge is 0.241 e. The number of likely N-dealkylation sites (N-methyl/N-ethyl adjacent to an activating group) is 1. The van der Waals surface area contributed by atoms with Gasteiger partial charge in [-0.05, 0) is 63.6 Å². The van der Waals surface area contributed by atoms with Crippen LogP contribution < -0.4 is 5.32 Å². The third-order valence-electron chi connectivity index (χ3n) is 5.80. The fourth-order valence-electron chi connectivity index (χ4n) is 4.37. The first-order valence-corrected chi connectivity index (χ1v) is 7.97. The van der Waals surface area contributed by atoms with Crippen LogP contribution in [0.1, 0.15) is 25.7 Å². The van der Waals surface area contributed by atoms with Crippen molar-refractivity contribution in [3.63, 3.8) is 0 Å². The number of rotatable bonds is 2. The molecule has 4 rings (SSSR count). The van der Waals surface area contributed by atoms with Crippen LogP contribution in [0.15, 0.2) is 0 Å². The van der Waals surface area contributed by atoms with Crippen molar-refractivity contribution in [2.75, 3.05) is 33.2 Å². The van der Waals surface area contributed by atoms with Gasteiger partial charge in [-0.3, -0.25) is 9.69 Å². The summed E-state index contributed by atoms with van der Waals surface area (Å²) in [7, 11) is 2.13. The molecule has 4 fully saturated rings. The number of likely N-dealkylation sites (tertiary alicyclic amines) is 1. The molecule has 3 heterocycles. The van der Waals surface area contributed by atoms with Crippen LogP contribution >= 0.6 is 0 Å². The number of hydrogen-bond donors (Lipinski definition) is 1. The van der Waals surface area contributed by atoms with E-state index in [0.717, 1.165) is 31.5 Å².